The van der Waals surface area contributed by atoms with Crippen LogP contribution in [0.5, 0.6) is 5.75 Å². The summed E-state index contributed by atoms with van der Waals surface area (Å²) >= 11 is 5.91. The van der Waals surface area contributed by atoms with E-state index in [1.54, 1.807) is 7.11 Å². The summed E-state index contributed by atoms with van der Waals surface area (Å²) in [4.78, 5) is 4.57. The zero-order valence-corrected chi connectivity index (χ0v) is 18.5. The third-order valence-corrected chi connectivity index (χ3v) is 5.85. The smallest absolute Gasteiger partial charge is 0.230 e. The second kappa shape index (κ2) is 9.45. The SMILES string of the molecule is COc1ccccc1-n1c(N2CCCCC2)nn(CN(C)Cc2ccccc2)c1=S. The number of hydrogen-bond donors (Lipinski definition) is 0. The number of ether oxygens (including phenoxy) is 1. The average Bonchev–Trinajstić information content (AvgIpc) is 3.10. The highest BCUT2D eigenvalue weighted by Crippen LogP contribution is 2.29. The Morgan fingerprint density at radius 1 is 1.00 bits per heavy atom. The summed E-state index contributed by atoms with van der Waals surface area (Å²) in [5, 5.41) is 4.97. The van der Waals surface area contributed by atoms with Crippen LogP contribution < -0.4 is 9.64 Å². The standard InChI is InChI=1S/C23H29N5OS/c1-25(17-19-11-5-3-6-12-19)18-27-23(30)28(20-13-7-8-14-21(20)29-2)22(24-27)26-15-9-4-10-16-26/h3,5-8,11-14H,4,9-10,15-18H2,1-2H3. The highest BCUT2D eigenvalue weighted by molar-refractivity contribution is 7.71. The van der Waals surface area contributed by atoms with Crippen molar-refractivity contribution in [3.8, 4) is 11.4 Å². The molecule has 1 saturated heterocycles. The highest BCUT2D eigenvalue weighted by atomic mass is 32.1. The number of aromatic nitrogens is 3. The first-order chi connectivity index (χ1) is 14.7. The largest absolute Gasteiger partial charge is 0.495 e. The van der Waals surface area contributed by atoms with Crippen molar-refractivity contribution in [2.24, 2.45) is 0 Å². The minimum Gasteiger partial charge on any atom is -0.495 e. The molecule has 0 atom stereocenters. The van der Waals surface area contributed by atoms with Crippen LogP contribution in [0.3, 0.4) is 0 Å². The molecular formula is C23H29N5OS. The zero-order chi connectivity index (χ0) is 20.9. The molecule has 158 valence electrons. The van der Waals surface area contributed by atoms with Crippen molar-refractivity contribution in [2.75, 3.05) is 32.1 Å². The highest BCUT2D eigenvalue weighted by Gasteiger charge is 2.22. The molecule has 0 aliphatic carbocycles. The van der Waals surface area contributed by atoms with Crippen LogP contribution >= 0.6 is 12.2 Å². The van der Waals surface area contributed by atoms with Crippen molar-refractivity contribution < 1.29 is 4.74 Å². The molecule has 1 aromatic heterocycles. The molecule has 4 rings (SSSR count). The molecule has 3 aromatic rings. The van der Waals surface area contributed by atoms with E-state index < -0.39 is 0 Å². The Morgan fingerprint density at radius 2 is 1.70 bits per heavy atom. The van der Waals surface area contributed by atoms with Crippen LogP contribution in [-0.4, -0.2) is 46.5 Å². The Balaban J connectivity index is 1.69. The van der Waals surface area contributed by atoms with E-state index in [-0.39, 0.29) is 0 Å². The fraction of sp³-hybridized carbons (Fsp3) is 0.391. The molecule has 0 N–H and O–H groups in total. The van der Waals surface area contributed by atoms with Crippen LogP contribution in [-0.2, 0) is 13.2 Å². The van der Waals surface area contributed by atoms with Crippen LogP contribution in [0.4, 0.5) is 5.95 Å². The molecule has 1 aliphatic rings. The fourth-order valence-electron chi connectivity index (χ4n) is 3.99. The van der Waals surface area contributed by atoms with Gasteiger partial charge in [0.15, 0.2) is 0 Å². The van der Waals surface area contributed by atoms with Gasteiger partial charge in [-0.05, 0) is 56.2 Å². The minimum atomic E-state index is 0.622. The van der Waals surface area contributed by atoms with Crippen molar-refractivity contribution in [1.82, 2.24) is 19.2 Å². The minimum absolute atomic E-state index is 0.622. The number of rotatable bonds is 7. The van der Waals surface area contributed by atoms with Crippen LogP contribution in [0.2, 0.25) is 0 Å². The van der Waals surface area contributed by atoms with Gasteiger partial charge < -0.3 is 9.64 Å². The first-order valence-corrected chi connectivity index (χ1v) is 10.9. The van der Waals surface area contributed by atoms with E-state index in [0.717, 1.165) is 37.0 Å². The van der Waals surface area contributed by atoms with Crippen LogP contribution in [0.15, 0.2) is 54.6 Å². The normalized spacial score (nSPS) is 14.3. The molecule has 0 bridgehead atoms. The number of nitrogens with zero attached hydrogens (tertiary/aromatic N) is 5. The van der Waals surface area contributed by atoms with Gasteiger partial charge in [0, 0.05) is 19.6 Å². The van der Waals surface area contributed by atoms with E-state index >= 15 is 0 Å². The zero-order valence-electron chi connectivity index (χ0n) is 17.7. The maximum atomic E-state index is 5.91. The van der Waals surface area contributed by atoms with Gasteiger partial charge in [0.05, 0.1) is 19.5 Å². The van der Waals surface area contributed by atoms with Crippen molar-refractivity contribution in [3.05, 3.63) is 64.9 Å². The second-order valence-corrected chi connectivity index (χ2v) is 8.14. The molecule has 1 aliphatic heterocycles. The Hall–Kier alpha value is -2.64. The van der Waals surface area contributed by atoms with Crippen molar-refractivity contribution in [3.63, 3.8) is 0 Å². The van der Waals surface area contributed by atoms with Gasteiger partial charge in [-0.1, -0.05) is 42.5 Å². The summed E-state index contributed by atoms with van der Waals surface area (Å²) in [6.45, 7) is 3.46. The molecular weight excluding hydrogens is 394 g/mol. The lowest BCUT2D eigenvalue weighted by Gasteiger charge is -2.27. The summed E-state index contributed by atoms with van der Waals surface area (Å²) in [5.74, 6) is 1.70. The molecule has 2 aromatic carbocycles. The van der Waals surface area contributed by atoms with Gasteiger partial charge in [-0.3, -0.25) is 9.47 Å². The van der Waals surface area contributed by atoms with E-state index in [4.69, 9.17) is 22.1 Å². The van der Waals surface area contributed by atoms with Gasteiger partial charge in [-0.25, -0.2) is 4.68 Å². The topological polar surface area (TPSA) is 38.5 Å². The van der Waals surface area contributed by atoms with E-state index in [9.17, 15) is 0 Å². The summed E-state index contributed by atoms with van der Waals surface area (Å²) < 4.78 is 10.3. The summed E-state index contributed by atoms with van der Waals surface area (Å²) in [6.07, 6.45) is 3.63. The van der Waals surface area contributed by atoms with Gasteiger partial charge in [-0.15, -0.1) is 5.10 Å². The lowest BCUT2D eigenvalue weighted by molar-refractivity contribution is 0.244. The maximum absolute atomic E-state index is 5.91. The van der Waals surface area contributed by atoms with Crippen molar-refractivity contribution in [1.29, 1.82) is 0 Å². The van der Waals surface area contributed by atoms with Crippen LogP contribution in [0.1, 0.15) is 24.8 Å². The number of piperidine rings is 1. The van der Waals surface area contributed by atoms with Crippen LogP contribution in [0.25, 0.3) is 5.69 Å². The average molecular weight is 424 g/mol. The first-order valence-electron chi connectivity index (χ1n) is 10.5. The van der Waals surface area contributed by atoms with E-state index in [1.807, 2.05) is 35.0 Å². The Kier molecular flexibility index (Phi) is 6.50. The third-order valence-electron chi connectivity index (χ3n) is 5.46. The number of benzene rings is 2. The predicted octanol–water partition coefficient (Wildman–Crippen LogP) is 4.49. The molecule has 7 heteroatoms. The molecule has 0 amide bonds. The predicted molar refractivity (Wildman–Crippen MR) is 123 cm³/mol. The fourth-order valence-corrected chi connectivity index (χ4v) is 4.26. The molecule has 0 saturated carbocycles. The van der Waals surface area contributed by atoms with E-state index in [0.29, 0.717) is 11.4 Å². The number of anilines is 1. The van der Waals surface area contributed by atoms with Gasteiger partial charge >= 0.3 is 0 Å². The van der Waals surface area contributed by atoms with Gasteiger partial charge in [-0.2, -0.15) is 0 Å². The lowest BCUT2D eigenvalue weighted by Crippen LogP contribution is -2.32. The number of methoxy groups -OCH3 is 1. The van der Waals surface area contributed by atoms with E-state index in [2.05, 4.69) is 45.7 Å². The first kappa shape index (κ1) is 20.6. The molecule has 0 unspecified atom stereocenters. The molecule has 6 nitrogen and oxygen atoms in total. The van der Waals surface area contributed by atoms with Gasteiger partial charge in [0.25, 0.3) is 0 Å². The summed E-state index contributed by atoms with van der Waals surface area (Å²) in [6, 6.07) is 18.5. The summed E-state index contributed by atoms with van der Waals surface area (Å²) in [5.41, 5.74) is 2.20. The molecule has 2 heterocycles. The lowest BCUT2D eigenvalue weighted by atomic mass is 10.1. The van der Waals surface area contributed by atoms with Crippen molar-refractivity contribution in [2.45, 2.75) is 32.5 Å². The molecule has 0 spiro atoms. The second-order valence-electron chi connectivity index (χ2n) is 7.78. The van der Waals surface area contributed by atoms with Crippen molar-refractivity contribution >= 4 is 18.2 Å². The van der Waals surface area contributed by atoms with Gasteiger partial charge in [0.2, 0.25) is 10.7 Å². The van der Waals surface area contributed by atoms with Gasteiger partial charge in [0.1, 0.15) is 5.75 Å². The monoisotopic (exact) mass is 423 g/mol. The Labute approximate surface area is 183 Å². The molecule has 1 fully saturated rings. The quantitative estimate of drug-likeness (QED) is 0.524. The third kappa shape index (κ3) is 4.42. The molecule has 0 radical (unpaired) electrons. The number of hydrogen-bond acceptors (Lipinski definition) is 5. The van der Waals surface area contributed by atoms with Crippen LogP contribution in [0, 0.1) is 4.77 Å². The Bertz CT molecular complexity index is 1020. The Morgan fingerprint density at radius 3 is 2.43 bits per heavy atom. The number of para-hydroxylation sites is 2. The van der Waals surface area contributed by atoms with E-state index in [1.165, 1.54) is 24.8 Å². The summed E-state index contributed by atoms with van der Waals surface area (Å²) in [7, 11) is 3.79. The molecule has 30 heavy (non-hydrogen) atoms. The maximum Gasteiger partial charge on any atom is 0.230 e.